The normalized spacial score (nSPS) is 16.3. The van der Waals surface area contributed by atoms with Crippen LogP contribution in [0.15, 0.2) is 36.0 Å². The maximum Gasteiger partial charge on any atom is 0.409 e. The van der Waals surface area contributed by atoms with Crippen molar-refractivity contribution in [3.63, 3.8) is 0 Å². The zero-order chi connectivity index (χ0) is 19.7. The summed E-state index contributed by atoms with van der Waals surface area (Å²) in [6, 6.07) is 7.87. The number of aromatic nitrogens is 1. The number of carbonyl (C=O) groups is 1. The van der Waals surface area contributed by atoms with Crippen LogP contribution in [0.5, 0.6) is 5.75 Å². The van der Waals surface area contributed by atoms with Gasteiger partial charge in [0.2, 0.25) is 0 Å². The Morgan fingerprint density at radius 1 is 1.14 bits per heavy atom. The minimum Gasteiger partial charge on any atom is -0.508 e. The standard InChI is InChI=1S/C23H26N2O3/c1-3-28-23(27)25-10-8-16(9-11-25)21-20-7-6-19(26)13-17(20)4-5-18-12-15(2)14-24-22(18)21/h6-7,12-14,26H,3-5,8-11H2,1-2H3. The third kappa shape index (κ3) is 3.49. The number of rotatable bonds is 1. The first-order chi connectivity index (χ1) is 13.6. The number of phenolic OH excluding ortho intramolecular Hbond substituents is 1. The molecule has 0 saturated carbocycles. The van der Waals surface area contributed by atoms with Crippen molar-refractivity contribution in [3.8, 4) is 5.75 Å². The van der Waals surface area contributed by atoms with E-state index in [2.05, 4.69) is 13.0 Å². The molecule has 5 heteroatoms. The summed E-state index contributed by atoms with van der Waals surface area (Å²) in [4.78, 5) is 18.7. The molecule has 1 aliphatic heterocycles. The zero-order valence-corrected chi connectivity index (χ0v) is 16.5. The first-order valence-corrected chi connectivity index (χ1v) is 9.98. The summed E-state index contributed by atoms with van der Waals surface area (Å²) in [5.41, 5.74) is 8.30. The van der Waals surface area contributed by atoms with Gasteiger partial charge in [0, 0.05) is 24.9 Å². The van der Waals surface area contributed by atoms with Gasteiger partial charge in [0.15, 0.2) is 0 Å². The molecular weight excluding hydrogens is 352 g/mol. The smallest absolute Gasteiger partial charge is 0.409 e. The summed E-state index contributed by atoms with van der Waals surface area (Å²) in [5, 5.41) is 9.99. The lowest BCUT2D eigenvalue weighted by atomic mass is 9.88. The number of hydrogen-bond acceptors (Lipinski definition) is 4. The lowest BCUT2D eigenvalue weighted by Crippen LogP contribution is -2.37. The Hall–Kier alpha value is -2.82. The molecular formula is C23H26N2O3. The SMILES string of the molecule is CCOC(=O)N1CCC(=C2c3ccc(O)cc3CCc3cc(C)cnc32)CC1. The zero-order valence-electron chi connectivity index (χ0n) is 16.5. The van der Waals surface area contributed by atoms with Crippen molar-refractivity contribution in [2.24, 2.45) is 0 Å². The number of likely N-dealkylation sites (tertiary alicyclic amines) is 1. The van der Waals surface area contributed by atoms with Crippen molar-refractivity contribution in [1.82, 2.24) is 9.88 Å². The van der Waals surface area contributed by atoms with Crippen LogP contribution in [0.1, 0.15) is 47.7 Å². The maximum atomic E-state index is 12.1. The predicted molar refractivity (Wildman–Crippen MR) is 108 cm³/mol. The maximum absolute atomic E-state index is 12.1. The number of piperidine rings is 1. The highest BCUT2D eigenvalue weighted by atomic mass is 16.6. The van der Waals surface area contributed by atoms with Crippen LogP contribution in [0.2, 0.25) is 0 Å². The lowest BCUT2D eigenvalue weighted by molar-refractivity contribution is 0.104. The molecule has 2 aromatic rings. The summed E-state index contributed by atoms with van der Waals surface area (Å²) in [6.07, 6.45) is 5.11. The average molecular weight is 378 g/mol. The molecule has 0 radical (unpaired) electrons. The van der Waals surface area contributed by atoms with Crippen LogP contribution in [0, 0.1) is 6.92 Å². The second-order valence-electron chi connectivity index (χ2n) is 7.53. The molecule has 1 fully saturated rings. The first kappa shape index (κ1) is 18.5. The van der Waals surface area contributed by atoms with Crippen molar-refractivity contribution < 1.29 is 14.6 Å². The predicted octanol–water partition coefficient (Wildman–Crippen LogP) is 4.25. The van der Waals surface area contributed by atoms with E-state index < -0.39 is 0 Å². The molecule has 5 nitrogen and oxygen atoms in total. The average Bonchev–Trinajstić information content (AvgIpc) is 2.84. The molecule has 0 bridgehead atoms. The van der Waals surface area contributed by atoms with Crippen molar-refractivity contribution in [2.75, 3.05) is 19.7 Å². The summed E-state index contributed by atoms with van der Waals surface area (Å²) >= 11 is 0. The number of amides is 1. The Kier molecular flexibility index (Phi) is 5.07. The molecule has 1 aliphatic carbocycles. The minimum absolute atomic E-state index is 0.230. The number of pyridine rings is 1. The highest BCUT2D eigenvalue weighted by molar-refractivity contribution is 5.85. The van der Waals surface area contributed by atoms with Crippen LogP contribution in [-0.4, -0.2) is 40.8 Å². The van der Waals surface area contributed by atoms with Crippen molar-refractivity contribution in [1.29, 1.82) is 0 Å². The first-order valence-electron chi connectivity index (χ1n) is 9.98. The van der Waals surface area contributed by atoms with Gasteiger partial charge >= 0.3 is 6.09 Å². The fourth-order valence-corrected chi connectivity index (χ4v) is 4.26. The number of nitrogens with zero attached hydrogens (tertiary/aromatic N) is 2. The largest absolute Gasteiger partial charge is 0.508 e. The molecule has 1 N–H and O–H groups in total. The number of carbonyl (C=O) groups excluding carboxylic acids is 1. The van der Waals surface area contributed by atoms with Crippen LogP contribution >= 0.6 is 0 Å². The van der Waals surface area contributed by atoms with Crippen LogP contribution in [0.25, 0.3) is 5.57 Å². The second-order valence-corrected chi connectivity index (χ2v) is 7.53. The Morgan fingerprint density at radius 2 is 1.89 bits per heavy atom. The fraction of sp³-hybridized carbons (Fsp3) is 0.391. The third-order valence-corrected chi connectivity index (χ3v) is 5.61. The lowest BCUT2D eigenvalue weighted by Gasteiger charge is -2.29. The van der Waals surface area contributed by atoms with E-state index in [-0.39, 0.29) is 6.09 Å². The fourth-order valence-electron chi connectivity index (χ4n) is 4.26. The summed E-state index contributed by atoms with van der Waals surface area (Å²) < 4.78 is 5.15. The van der Waals surface area contributed by atoms with Crippen LogP contribution in [0.4, 0.5) is 4.79 Å². The number of hydrogen-bond donors (Lipinski definition) is 1. The van der Waals surface area contributed by atoms with Crippen LogP contribution in [-0.2, 0) is 17.6 Å². The minimum atomic E-state index is -0.230. The van der Waals surface area contributed by atoms with E-state index in [9.17, 15) is 9.90 Å². The van der Waals surface area contributed by atoms with E-state index in [0.29, 0.717) is 25.4 Å². The van der Waals surface area contributed by atoms with Gasteiger partial charge in [-0.1, -0.05) is 17.7 Å². The molecule has 1 saturated heterocycles. The summed E-state index contributed by atoms with van der Waals surface area (Å²) in [6.45, 7) is 5.62. The van der Waals surface area contributed by atoms with Crippen LogP contribution < -0.4 is 0 Å². The number of benzene rings is 1. The molecule has 0 atom stereocenters. The molecule has 28 heavy (non-hydrogen) atoms. The van der Waals surface area contributed by atoms with Crippen molar-refractivity contribution in [2.45, 2.75) is 39.5 Å². The van der Waals surface area contributed by atoms with Gasteiger partial charge in [-0.25, -0.2) is 4.79 Å². The molecule has 1 amide bonds. The number of aromatic hydroxyl groups is 1. The van der Waals surface area contributed by atoms with E-state index in [1.165, 1.54) is 16.7 Å². The van der Waals surface area contributed by atoms with Gasteiger partial charge in [-0.3, -0.25) is 4.98 Å². The molecule has 4 rings (SSSR count). The van der Waals surface area contributed by atoms with Gasteiger partial charge in [-0.05, 0) is 73.9 Å². The highest BCUT2D eigenvalue weighted by Gasteiger charge is 2.27. The number of phenols is 1. The van der Waals surface area contributed by atoms with Gasteiger partial charge in [-0.15, -0.1) is 0 Å². The van der Waals surface area contributed by atoms with E-state index >= 15 is 0 Å². The molecule has 0 spiro atoms. The third-order valence-electron chi connectivity index (χ3n) is 5.61. The van der Waals surface area contributed by atoms with Gasteiger partial charge in [-0.2, -0.15) is 0 Å². The molecule has 2 heterocycles. The van der Waals surface area contributed by atoms with E-state index in [1.54, 1.807) is 11.0 Å². The van der Waals surface area contributed by atoms with E-state index in [4.69, 9.17) is 9.72 Å². The molecule has 2 aliphatic rings. The Labute approximate surface area is 165 Å². The van der Waals surface area contributed by atoms with Gasteiger partial charge in [0.1, 0.15) is 5.75 Å². The molecule has 1 aromatic carbocycles. The van der Waals surface area contributed by atoms with Crippen molar-refractivity contribution in [3.05, 3.63) is 64.0 Å². The second kappa shape index (κ2) is 7.66. The Bertz CT molecular complexity index is 883. The highest BCUT2D eigenvalue weighted by Crippen LogP contribution is 2.38. The van der Waals surface area contributed by atoms with Crippen LogP contribution in [0.3, 0.4) is 0 Å². The molecule has 1 aromatic heterocycles. The Balaban J connectivity index is 1.77. The van der Waals surface area contributed by atoms with E-state index in [1.807, 2.05) is 25.3 Å². The van der Waals surface area contributed by atoms with Crippen molar-refractivity contribution >= 4 is 11.7 Å². The quantitative estimate of drug-likeness (QED) is 0.806. The molecule has 146 valence electrons. The van der Waals surface area contributed by atoms with Gasteiger partial charge in [0.25, 0.3) is 0 Å². The van der Waals surface area contributed by atoms with E-state index in [0.717, 1.165) is 48.1 Å². The number of ether oxygens (including phenoxy) is 1. The van der Waals surface area contributed by atoms with Gasteiger partial charge < -0.3 is 14.7 Å². The summed E-state index contributed by atoms with van der Waals surface area (Å²) in [7, 11) is 0. The Morgan fingerprint density at radius 3 is 2.64 bits per heavy atom. The van der Waals surface area contributed by atoms with Gasteiger partial charge in [0.05, 0.1) is 12.3 Å². The monoisotopic (exact) mass is 378 g/mol. The number of fused-ring (bicyclic) bond motifs is 2. The molecule has 0 unspecified atom stereocenters. The topological polar surface area (TPSA) is 62.7 Å². The summed E-state index contributed by atoms with van der Waals surface area (Å²) in [5.74, 6) is 0.301. The number of aryl methyl sites for hydroxylation is 3.